The predicted molar refractivity (Wildman–Crippen MR) is 126 cm³/mol. The number of carbonyl (C=O) groups excluding carboxylic acids is 1. The van der Waals surface area contributed by atoms with Gasteiger partial charge in [0.2, 0.25) is 0 Å². The first-order valence-corrected chi connectivity index (χ1v) is 11.8. The lowest BCUT2D eigenvalue weighted by molar-refractivity contribution is 0.0623. The van der Waals surface area contributed by atoms with Crippen LogP contribution in [0.1, 0.15) is 37.6 Å². The number of nitrogens with zero attached hydrogens (tertiary/aromatic N) is 3. The number of amides is 1. The Labute approximate surface area is 186 Å². The third-order valence-corrected chi connectivity index (χ3v) is 6.98. The van der Waals surface area contributed by atoms with Gasteiger partial charge in [0.25, 0.3) is 5.91 Å². The maximum absolute atomic E-state index is 13.1. The summed E-state index contributed by atoms with van der Waals surface area (Å²) < 4.78 is 8.73. The normalized spacial score (nSPS) is 19.3. The topological polar surface area (TPSA) is 46.8 Å². The molecular weight excluding hydrogens is 406 g/mol. The Bertz CT molecular complexity index is 1230. The number of likely N-dealkylation sites (tertiary alicyclic amines) is 1. The molecule has 0 aliphatic carbocycles. The molecule has 1 fully saturated rings. The van der Waals surface area contributed by atoms with Crippen LogP contribution < -0.4 is 4.74 Å². The first kappa shape index (κ1) is 20.1. The molecule has 5 rings (SSSR count). The molecule has 2 aromatic carbocycles. The minimum absolute atomic E-state index is 0.140. The van der Waals surface area contributed by atoms with Crippen LogP contribution >= 0.6 is 11.3 Å². The predicted octanol–water partition coefficient (Wildman–Crippen LogP) is 5.73. The summed E-state index contributed by atoms with van der Waals surface area (Å²) in [6.07, 6.45) is 3.26. The van der Waals surface area contributed by atoms with E-state index in [0.29, 0.717) is 18.4 Å². The molecule has 160 valence electrons. The van der Waals surface area contributed by atoms with Gasteiger partial charge in [0, 0.05) is 30.4 Å². The largest absolute Gasteiger partial charge is 0.494 e. The van der Waals surface area contributed by atoms with Crippen molar-refractivity contribution in [1.82, 2.24) is 14.3 Å². The number of benzene rings is 2. The number of piperidine rings is 1. The standard InChI is InChI=1S/C25H27N3O2S/c1-4-30-20-8-5-18(6-9-20)21-15-28-22-10-7-19(12-23(22)31-25(28)26-21)24(29)27-13-16(2)11-17(3)14-27/h5-10,12,15-17H,4,11,13-14H2,1-3H3/t16-,17+. The van der Waals surface area contributed by atoms with Gasteiger partial charge in [-0.05, 0) is 67.6 Å². The van der Waals surface area contributed by atoms with E-state index < -0.39 is 0 Å². The van der Waals surface area contributed by atoms with Crippen LogP contribution in [0.5, 0.6) is 5.75 Å². The van der Waals surface area contributed by atoms with Crippen LogP contribution in [-0.2, 0) is 0 Å². The Balaban J connectivity index is 1.43. The molecule has 1 amide bonds. The quantitative estimate of drug-likeness (QED) is 0.413. The van der Waals surface area contributed by atoms with Crippen LogP contribution in [0.2, 0.25) is 0 Å². The average Bonchev–Trinajstić information content (AvgIpc) is 3.31. The average molecular weight is 434 g/mol. The number of aromatic nitrogens is 2. The van der Waals surface area contributed by atoms with Crippen LogP contribution in [0.3, 0.4) is 0 Å². The fraction of sp³-hybridized carbons (Fsp3) is 0.360. The summed E-state index contributed by atoms with van der Waals surface area (Å²) in [6, 6.07) is 14.1. The summed E-state index contributed by atoms with van der Waals surface area (Å²) >= 11 is 1.62. The van der Waals surface area contributed by atoms with E-state index in [-0.39, 0.29) is 5.91 Å². The van der Waals surface area contributed by atoms with Gasteiger partial charge in [0.05, 0.1) is 22.5 Å². The number of fused-ring (bicyclic) bond motifs is 3. The number of ether oxygens (including phenoxy) is 1. The van der Waals surface area contributed by atoms with Crippen molar-refractivity contribution >= 4 is 32.4 Å². The number of imidazole rings is 1. The maximum Gasteiger partial charge on any atom is 0.253 e. The highest BCUT2D eigenvalue weighted by molar-refractivity contribution is 7.23. The lowest BCUT2D eigenvalue weighted by atomic mass is 9.91. The fourth-order valence-corrected chi connectivity index (χ4v) is 5.72. The van der Waals surface area contributed by atoms with Crippen molar-refractivity contribution in [2.24, 2.45) is 11.8 Å². The van der Waals surface area contributed by atoms with Gasteiger partial charge in [-0.3, -0.25) is 9.20 Å². The van der Waals surface area contributed by atoms with E-state index in [1.165, 1.54) is 6.42 Å². The van der Waals surface area contributed by atoms with Gasteiger partial charge < -0.3 is 9.64 Å². The van der Waals surface area contributed by atoms with Gasteiger partial charge in [-0.2, -0.15) is 0 Å². The van der Waals surface area contributed by atoms with E-state index in [4.69, 9.17) is 9.72 Å². The molecule has 31 heavy (non-hydrogen) atoms. The van der Waals surface area contributed by atoms with Crippen molar-refractivity contribution in [3.63, 3.8) is 0 Å². The zero-order valence-corrected chi connectivity index (χ0v) is 19.0. The molecule has 1 aliphatic heterocycles. The molecule has 0 saturated carbocycles. The Kier molecular flexibility index (Phi) is 5.18. The second-order valence-corrected chi connectivity index (χ2v) is 9.69. The first-order chi connectivity index (χ1) is 15.0. The van der Waals surface area contributed by atoms with Crippen molar-refractivity contribution in [2.75, 3.05) is 19.7 Å². The fourth-order valence-electron chi connectivity index (χ4n) is 4.67. The summed E-state index contributed by atoms with van der Waals surface area (Å²) in [5.41, 5.74) is 3.85. The van der Waals surface area contributed by atoms with Gasteiger partial charge in [-0.15, -0.1) is 0 Å². The molecule has 0 N–H and O–H groups in total. The van der Waals surface area contributed by atoms with Crippen LogP contribution in [0.15, 0.2) is 48.7 Å². The van der Waals surface area contributed by atoms with Crippen LogP contribution in [0, 0.1) is 11.8 Å². The Morgan fingerprint density at radius 3 is 2.58 bits per heavy atom. The third-order valence-electron chi connectivity index (χ3n) is 5.96. The molecule has 0 spiro atoms. The molecule has 0 bridgehead atoms. The van der Waals surface area contributed by atoms with Crippen molar-refractivity contribution < 1.29 is 9.53 Å². The minimum Gasteiger partial charge on any atom is -0.494 e. The monoisotopic (exact) mass is 433 g/mol. The second-order valence-electron chi connectivity index (χ2n) is 8.68. The van der Waals surface area contributed by atoms with E-state index >= 15 is 0 Å². The second kappa shape index (κ2) is 8.00. The van der Waals surface area contributed by atoms with Crippen molar-refractivity contribution in [3.8, 4) is 17.0 Å². The molecule has 0 unspecified atom stereocenters. The molecule has 6 heteroatoms. The Morgan fingerprint density at radius 1 is 1.13 bits per heavy atom. The van der Waals surface area contributed by atoms with E-state index in [1.54, 1.807) is 11.3 Å². The van der Waals surface area contributed by atoms with Gasteiger partial charge in [-0.25, -0.2) is 4.98 Å². The van der Waals surface area contributed by atoms with E-state index in [9.17, 15) is 4.79 Å². The van der Waals surface area contributed by atoms with Crippen LogP contribution in [0.25, 0.3) is 26.4 Å². The number of hydrogen-bond donors (Lipinski definition) is 0. The van der Waals surface area contributed by atoms with Gasteiger partial charge in [0.1, 0.15) is 5.75 Å². The Morgan fingerprint density at radius 2 is 1.87 bits per heavy atom. The maximum atomic E-state index is 13.1. The summed E-state index contributed by atoms with van der Waals surface area (Å²) in [6.45, 7) is 8.80. The molecule has 4 aromatic rings. The van der Waals surface area contributed by atoms with E-state index in [1.807, 2.05) is 54.3 Å². The minimum atomic E-state index is 0.140. The van der Waals surface area contributed by atoms with Crippen molar-refractivity contribution in [3.05, 3.63) is 54.2 Å². The molecular formula is C25H27N3O2S. The zero-order chi connectivity index (χ0) is 21.5. The first-order valence-electron chi connectivity index (χ1n) is 11.0. The molecule has 3 heterocycles. The molecule has 2 atom stereocenters. The SMILES string of the molecule is CCOc1ccc(-c2cn3c(n2)sc2cc(C(=O)N4C[C@H](C)C[C@H](C)C4)ccc23)cc1. The highest BCUT2D eigenvalue weighted by Gasteiger charge is 2.26. The molecule has 1 aliphatic rings. The lowest BCUT2D eigenvalue weighted by Crippen LogP contribution is -2.42. The van der Waals surface area contributed by atoms with Crippen LogP contribution in [-0.4, -0.2) is 39.9 Å². The summed E-state index contributed by atoms with van der Waals surface area (Å²) in [7, 11) is 0. The molecule has 0 radical (unpaired) electrons. The van der Waals surface area contributed by atoms with Gasteiger partial charge in [-0.1, -0.05) is 25.2 Å². The number of hydrogen-bond acceptors (Lipinski definition) is 4. The van der Waals surface area contributed by atoms with Crippen molar-refractivity contribution in [1.29, 1.82) is 0 Å². The lowest BCUT2D eigenvalue weighted by Gasteiger charge is -2.35. The summed E-state index contributed by atoms with van der Waals surface area (Å²) in [5.74, 6) is 2.12. The summed E-state index contributed by atoms with van der Waals surface area (Å²) in [4.78, 5) is 20.9. The zero-order valence-electron chi connectivity index (χ0n) is 18.2. The van der Waals surface area contributed by atoms with Gasteiger partial charge >= 0.3 is 0 Å². The number of thiazole rings is 1. The summed E-state index contributed by atoms with van der Waals surface area (Å²) in [5, 5.41) is 0. The third kappa shape index (κ3) is 3.81. The molecule has 1 saturated heterocycles. The van der Waals surface area contributed by atoms with Gasteiger partial charge in [0.15, 0.2) is 4.96 Å². The number of rotatable bonds is 4. The molecule has 5 nitrogen and oxygen atoms in total. The van der Waals surface area contributed by atoms with E-state index in [2.05, 4.69) is 24.4 Å². The Hall–Kier alpha value is -2.86. The van der Waals surface area contributed by atoms with E-state index in [0.717, 1.165) is 50.8 Å². The highest BCUT2D eigenvalue weighted by Crippen LogP contribution is 2.31. The highest BCUT2D eigenvalue weighted by atomic mass is 32.1. The van der Waals surface area contributed by atoms with Crippen molar-refractivity contribution in [2.45, 2.75) is 27.2 Å². The van der Waals surface area contributed by atoms with Crippen LogP contribution in [0.4, 0.5) is 0 Å². The smallest absolute Gasteiger partial charge is 0.253 e. The number of carbonyl (C=O) groups is 1. The molecule has 2 aromatic heterocycles.